The zero-order chi connectivity index (χ0) is 18.6. The number of carbonyl (C=O) groups is 1. The predicted octanol–water partition coefficient (Wildman–Crippen LogP) is 0.779. The van der Waals surface area contributed by atoms with E-state index >= 15 is 0 Å². The van der Waals surface area contributed by atoms with E-state index in [9.17, 15) is 13.2 Å². The molecule has 0 spiro atoms. The van der Waals surface area contributed by atoms with Crippen LogP contribution in [0.25, 0.3) is 0 Å². The van der Waals surface area contributed by atoms with E-state index in [1.165, 1.54) is 10.4 Å². The van der Waals surface area contributed by atoms with Gasteiger partial charge in [-0.2, -0.15) is 4.31 Å². The van der Waals surface area contributed by atoms with Crippen molar-refractivity contribution in [3.63, 3.8) is 0 Å². The molecule has 1 aromatic rings. The van der Waals surface area contributed by atoms with Gasteiger partial charge in [-0.25, -0.2) is 8.42 Å². The van der Waals surface area contributed by atoms with Crippen molar-refractivity contribution >= 4 is 15.9 Å². The highest BCUT2D eigenvalue weighted by atomic mass is 32.2. The summed E-state index contributed by atoms with van der Waals surface area (Å²) in [5, 5.41) is 3.18. The van der Waals surface area contributed by atoms with Crippen molar-refractivity contribution in [2.24, 2.45) is 5.92 Å². The molecule has 0 radical (unpaired) electrons. The summed E-state index contributed by atoms with van der Waals surface area (Å²) >= 11 is 0. The number of hydrogen-bond acceptors (Lipinski definition) is 5. The predicted molar refractivity (Wildman–Crippen MR) is 98.6 cm³/mol. The SMILES string of the molecule is CNCC1CCN(C(=O)c2ccccc2S(=O)(=O)N2CCOCC2)CC1. The van der Waals surface area contributed by atoms with E-state index in [1.54, 1.807) is 23.1 Å². The van der Waals surface area contributed by atoms with Gasteiger partial charge in [0, 0.05) is 26.2 Å². The molecule has 0 unspecified atom stereocenters. The van der Waals surface area contributed by atoms with Gasteiger partial charge in [0.1, 0.15) is 0 Å². The molecule has 0 aliphatic carbocycles. The van der Waals surface area contributed by atoms with Crippen LogP contribution in [0.2, 0.25) is 0 Å². The molecule has 7 nitrogen and oxygen atoms in total. The maximum Gasteiger partial charge on any atom is 0.255 e. The van der Waals surface area contributed by atoms with Gasteiger partial charge in [0.25, 0.3) is 5.91 Å². The molecule has 2 fully saturated rings. The van der Waals surface area contributed by atoms with Crippen LogP contribution in [0.1, 0.15) is 23.2 Å². The molecule has 26 heavy (non-hydrogen) atoms. The second kappa shape index (κ2) is 8.47. The Morgan fingerprint density at radius 2 is 1.81 bits per heavy atom. The van der Waals surface area contributed by atoms with Gasteiger partial charge in [-0.3, -0.25) is 4.79 Å². The first-order chi connectivity index (χ1) is 12.5. The molecule has 2 aliphatic rings. The van der Waals surface area contributed by atoms with E-state index in [1.807, 2.05) is 7.05 Å². The van der Waals surface area contributed by atoms with Gasteiger partial charge in [-0.1, -0.05) is 12.1 Å². The smallest absolute Gasteiger partial charge is 0.255 e. The minimum absolute atomic E-state index is 0.101. The van der Waals surface area contributed by atoms with Crippen LogP contribution in [0, 0.1) is 5.92 Å². The molecule has 3 rings (SSSR count). The normalized spacial score (nSPS) is 20.3. The Hall–Kier alpha value is -1.48. The van der Waals surface area contributed by atoms with Crippen molar-refractivity contribution in [2.75, 3.05) is 53.0 Å². The second-order valence-corrected chi connectivity index (χ2v) is 8.71. The van der Waals surface area contributed by atoms with Gasteiger partial charge < -0.3 is 15.0 Å². The summed E-state index contributed by atoms with van der Waals surface area (Å²) < 4.78 is 32.7. The van der Waals surface area contributed by atoms with E-state index in [2.05, 4.69) is 5.32 Å². The molecule has 2 aliphatic heterocycles. The van der Waals surface area contributed by atoms with Crippen LogP contribution in [0.4, 0.5) is 0 Å². The maximum absolute atomic E-state index is 13.0. The number of carbonyl (C=O) groups excluding carboxylic acids is 1. The second-order valence-electron chi connectivity index (χ2n) is 6.81. The fourth-order valence-corrected chi connectivity index (χ4v) is 5.19. The molecule has 8 heteroatoms. The Balaban J connectivity index is 1.80. The highest BCUT2D eigenvalue weighted by Crippen LogP contribution is 2.24. The highest BCUT2D eigenvalue weighted by molar-refractivity contribution is 7.89. The number of likely N-dealkylation sites (tertiary alicyclic amines) is 1. The first kappa shape index (κ1) is 19.3. The van der Waals surface area contributed by atoms with E-state index in [0.717, 1.165) is 19.4 Å². The monoisotopic (exact) mass is 381 g/mol. The minimum atomic E-state index is -3.70. The van der Waals surface area contributed by atoms with Gasteiger partial charge >= 0.3 is 0 Å². The minimum Gasteiger partial charge on any atom is -0.379 e. The number of rotatable bonds is 5. The number of nitrogens with zero attached hydrogens (tertiary/aromatic N) is 2. The van der Waals surface area contributed by atoms with Gasteiger partial charge in [-0.15, -0.1) is 0 Å². The number of nitrogens with one attached hydrogen (secondary N) is 1. The first-order valence-electron chi connectivity index (χ1n) is 9.15. The number of sulfonamides is 1. The Morgan fingerprint density at radius 1 is 1.15 bits per heavy atom. The lowest BCUT2D eigenvalue weighted by atomic mass is 9.96. The van der Waals surface area contributed by atoms with Gasteiger partial charge in [0.15, 0.2) is 0 Å². The third-order valence-electron chi connectivity index (χ3n) is 5.10. The summed E-state index contributed by atoms with van der Waals surface area (Å²) in [6, 6.07) is 6.55. The molecule has 144 valence electrons. The van der Waals surface area contributed by atoms with Crippen LogP contribution in [0.15, 0.2) is 29.2 Å². The summed E-state index contributed by atoms with van der Waals surface area (Å²) in [4.78, 5) is 14.9. The fraction of sp³-hybridized carbons (Fsp3) is 0.611. The lowest BCUT2D eigenvalue weighted by Crippen LogP contribution is -2.43. The Bertz CT molecular complexity index is 724. The molecule has 0 saturated carbocycles. The zero-order valence-electron chi connectivity index (χ0n) is 15.2. The van der Waals surface area contributed by atoms with Crippen molar-refractivity contribution < 1.29 is 17.9 Å². The van der Waals surface area contributed by atoms with E-state index < -0.39 is 10.0 Å². The average Bonchev–Trinajstić information content (AvgIpc) is 2.69. The molecule has 0 atom stereocenters. The molecular formula is C18H27N3O4S. The van der Waals surface area contributed by atoms with Crippen LogP contribution in [-0.4, -0.2) is 76.5 Å². The van der Waals surface area contributed by atoms with E-state index in [-0.39, 0.29) is 16.4 Å². The average molecular weight is 381 g/mol. The molecule has 0 aromatic heterocycles. The van der Waals surface area contributed by atoms with Gasteiger partial charge in [-0.05, 0) is 44.5 Å². The third-order valence-corrected chi connectivity index (χ3v) is 7.06. The Labute approximate surface area is 155 Å². The third kappa shape index (κ3) is 4.09. The zero-order valence-corrected chi connectivity index (χ0v) is 16.0. The van der Waals surface area contributed by atoms with Crippen LogP contribution in [0.5, 0.6) is 0 Å². The van der Waals surface area contributed by atoms with Gasteiger partial charge in [0.2, 0.25) is 10.0 Å². The molecular weight excluding hydrogens is 354 g/mol. The van der Waals surface area contributed by atoms with Crippen LogP contribution < -0.4 is 5.32 Å². The summed E-state index contributed by atoms with van der Waals surface area (Å²) in [6.07, 6.45) is 1.87. The standard InChI is InChI=1S/C18H27N3O4S/c1-19-14-15-6-8-20(9-7-15)18(22)16-4-2-3-5-17(16)26(23,24)21-10-12-25-13-11-21/h2-5,15,19H,6-14H2,1H3. The lowest BCUT2D eigenvalue weighted by molar-refractivity contribution is 0.0683. The number of benzene rings is 1. The summed E-state index contributed by atoms with van der Waals surface area (Å²) in [6.45, 7) is 3.68. The van der Waals surface area contributed by atoms with Crippen molar-refractivity contribution in [1.82, 2.24) is 14.5 Å². The lowest BCUT2D eigenvalue weighted by Gasteiger charge is -2.33. The Kier molecular flexibility index (Phi) is 6.29. The van der Waals surface area contributed by atoms with E-state index in [0.29, 0.717) is 45.3 Å². The number of morpholine rings is 1. The number of ether oxygens (including phenoxy) is 1. The van der Waals surface area contributed by atoms with E-state index in [4.69, 9.17) is 4.74 Å². The largest absolute Gasteiger partial charge is 0.379 e. The molecule has 1 aromatic carbocycles. The van der Waals surface area contributed by atoms with Crippen LogP contribution in [0.3, 0.4) is 0 Å². The van der Waals surface area contributed by atoms with Crippen LogP contribution in [-0.2, 0) is 14.8 Å². The number of amides is 1. The van der Waals surface area contributed by atoms with Crippen molar-refractivity contribution in [3.05, 3.63) is 29.8 Å². The van der Waals surface area contributed by atoms with Crippen molar-refractivity contribution in [2.45, 2.75) is 17.7 Å². The summed E-state index contributed by atoms with van der Waals surface area (Å²) in [5.74, 6) is 0.372. The topological polar surface area (TPSA) is 79.0 Å². The van der Waals surface area contributed by atoms with Crippen LogP contribution >= 0.6 is 0 Å². The quantitative estimate of drug-likeness (QED) is 0.815. The fourth-order valence-electron chi connectivity index (χ4n) is 3.59. The number of hydrogen-bond donors (Lipinski definition) is 1. The van der Waals surface area contributed by atoms with Crippen molar-refractivity contribution in [3.8, 4) is 0 Å². The molecule has 2 heterocycles. The molecule has 1 N–H and O–H groups in total. The first-order valence-corrected chi connectivity index (χ1v) is 10.6. The number of piperidine rings is 1. The van der Waals surface area contributed by atoms with Gasteiger partial charge in [0.05, 0.1) is 23.7 Å². The summed E-state index contributed by atoms with van der Waals surface area (Å²) in [5.41, 5.74) is 0.269. The van der Waals surface area contributed by atoms with Crippen molar-refractivity contribution in [1.29, 1.82) is 0 Å². The highest BCUT2D eigenvalue weighted by Gasteiger charge is 2.32. The maximum atomic E-state index is 13.0. The Morgan fingerprint density at radius 3 is 2.46 bits per heavy atom. The summed E-state index contributed by atoms with van der Waals surface area (Å²) in [7, 11) is -1.77. The molecule has 0 bridgehead atoms. The molecule has 1 amide bonds. The molecule has 2 saturated heterocycles.